The summed E-state index contributed by atoms with van der Waals surface area (Å²) in [5.74, 6) is -4.64. The van der Waals surface area contributed by atoms with E-state index in [0.717, 1.165) is 24.3 Å². The maximum atomic E-state index is 13.5. The molecule has 15 atom stereocenters. The second kappa shape index (κ2) is 22.4. The number of hydrogen-bond acceptors (Lipinski definition) is 23. The molecule has 3 fully saturated rings. The van der Waals surface area contributed by atoms with Crippen molar-refractivity contribution in [3.8, 4) is 34.5 Å². The van der Waals surface area contributed by atoms with Crippen LogP contribution in [0.1, 0.15) is 23.6 Å². The molecule has 23 nitrogen and oxygen atoms in total. The maximum absolute atomic E-state index is 13.5. The first-order chi connectivity index (χ1) is 31.8. The Morgan fingerprint density at radius 2 is 1.07 bits per heavy atom. The van der Waals surface area contributed by atoms with Crippen LogP contribution in [0.2, 0.25) is 0 Å². The average molecular weight is 949 g/mol. The van der Waals surface area contributed by atoms with Crippen molar-refractivity contribution in [2.24, 2.45) is 0 Å². The van der Waals surface area contributed by atoms with Crippen LogP contribution in [0.3, 0.4) is 0 Å². The van der Waals surface area contributed by atoms with E-state index in [9.17, 15) is 76.0 Å². The third kappa shape index (κ3) is 12.7. The summed E-state index contributed by atoms with van der Waals surface area (Å²) in [5, 5.41) is 135. The first kappa shape index (κ1) is 50.8. The van der Waals surface area contributed by atoms with Crippen molar-refractivity contribution in [1.82, 2.24) is 0 Å². The van der Waals surface area contributed by atoms with E-state index >= 15 is 0 Å². The molecule has 3 aliphatic heterocycles. The van der Waals surface area contributed by atoms with Crippen LogP contribution >= 0.6 is 0 Å². The lowest BCUT2D eigenvalue weighted by atomic mass is 9.96. The van der Waals surface area contributed by atoms with E-state index in [4.69, 9.17) is 37.9 Å². The van der Waals surface area contributed by atoms with Crippen molar-refractivity contribution < 1.29 is 114 Å². The lowest BCUT2D eigenvalue weighted by Crippen LogP contribution is -2.65. The number of phenols is 6. The minimum absolute atomic E-state index is 0.0691. The summed E-state index contributed by atoms with van der Waals surface area (Å²) in [6.07, 6.45) is -21.7. The number of phenolic OH excluding ortho intramolecular Hbond substituents is 6. The minimum Gasteiger partial charge on any atom is -0.504 e. The highest BCUT2D eigenvalue weighted by Crippen LogP contribution is 2.34. The zero-order valence-corrected chi connectivity index (χ0v) is 35.4. The summed E-state index contributed by atoms with van der Waals surface area (Å²) in [7, 11) is 0. The van der Waals surface area contributed by atoms with Crippen molar-refractivity contribution >= 4 is 24.1 Å². The van der Waals surface area contributed by atoms with Gasteiger partial charge < -0.3 is 104 Å². The van der Waals surface area contributed by atoms with Gasteiger partial charge in [-0.25, -0.2) is 9.59 Å². The van der Waals surface area contributed by atoms with Crippen LogP contribution in [0, 0.1) is 0 Å². The zero-order chi connectivity index (χ0) is 48.7. The summed E-state index contributed by atoms with van der Waals surface area (Å²) in [6, 6.07) is 11.4. The molecule has 0 aliphatic carbocycles. The molecule has 23 heteroatoms. The summed E-state index contributed by atoms with van der Waals surface area (Å²) in [6.45, 7) is -0.332. The van der Waals surface area contributed by atoms with Gasteiger partial charge in [0.1, 0.15) is 67.6 Å². The second-order valence-corrected chi connectivity index (χ2v) is 15.8. The fourth-order valence-corrected chi connectivity index (χ4v) is 7.15. The van der Waals surface area contributed by atoms with E-state index in [1.165, 1.54) is 61.5 Å². The third-order valence-electron chi connectivity index (χ3n) is 11.0. The van der Waals surface area contributed by atoms with Gasteiger partial charge in [-0.15, -0.1) is 0 Å². The molecule has 0 saturated carbocycles. The number of carbonyl (C=O) groups excluding carboxylic acids is 2. The Morgan fingerprint density at radius 3 is 1.69 bits per heavy atom. The Hall–Kier alpha value is -5.64. The molecule has 0 spiro atoms. The standard InChI is InChI=1S/C44H52O23/c1-19-33(53)35(55)38(58)44(63-19)67-41-39(59)43(60-13-12-22-4-9-25(47)28(50)16-22)65-30(40(41)66-32(52)11-6-21-3-8-24(46)27(49)15-21)18-62-42-37(57)36(56)34(54)29(64-42)17-61-31(51)10-5-20-2-7-23(45)26(48)14-20/h2-11,14-16,19,29-30,33-50,53-59H,12-13,17-18H2,1H3/b10-5+,11-6+/t19-,29+,30+,33-,34+,35+,36-,37+,38+,39+,40+,41+,42+,43+,44-/m0/s1. The van der Waals surface area contributed by atoms with Gasteiger partial charge in [0.2, 0.25) is 0 Å². The molecule has 3 aromatic rings. The van der Waals surface area contributed by atoms with Gasteiger partial charge in [-0.3, -0.25) is 0 Å². The quantitative estimate of drug-likeness (QED) is 0.0441. The SMILES string of the molecule is C[C@@H]1O[C@@H](O[C@@H]2[C@@H](O)[C@H](OCCc3ccc(O)c(O)c3)O[C@H](CO[C@@H]3O[C@H](COC(=O)/C=C/c4ccc(O)c(O)c4)[C@@H](O)[C@H](O)[C@H]3O)[C@H]2OC(=O)/C=C/c2ccc(O)c(O)c2)[C@H](O)[C@H](O)[C@H]1O. The zero-order valence-electron chi connectivity index (χ0n) is 35.4. The van der Waals surface area contributed by atoms with E-state index in [1.807, 2.05) is 0 Å². The fourth-order valence-electron chi connectivity index (χ4n) is 7.15. The number of ether oxygens (including phenoxy) is 8. The average Bonchev–Trinajstić information content (AvgIpc) is 3.30. The van der Waals surface area contributed by atoms with E-state index in [-0.39, 0.29) is 30.1 Å². The number of aliphatic hydroxyl groups excluding tert-OH is 7. The minimum atomic E-state index is -1.97. The molecule has 6 rings (SSSR count). The number of esters is 2. The van der Waals surface area contributed by atoms with E-state index in [2.05, 4.69) is 0 Å². The van der Waals surface area contributed by atoms with Crippen molar-refractivity contribution in [2.45, 2.75) is 105 Å². The number of carbonyl (C=O) groups is 2. The van der Waals surface area contributed by atoms with Crippen LogP contribution in [0.4, 0.5) is 0 Å². The summed E-state index contributed by atoms with van der Waals surface area (Å²) < 4.78 is 46.1. The van der Waals surface area contributed by atoms with Gasteiger partial charge in [0.05, 0.1) is 19.3 Å². The van der Waals surface area contributed by atoms with Crippen LogP contribution in [0.5, 0.6) is 34.5 Å². The smallest absolute Gasteiger partial charge is 0.331 e. The molecule has 3 heterocycles. The molecule has 0 aromatic heterocycles. The number of aliphatic hydroxyl groups is 7. The topological polar surface area (TPSA) is 371 Å². The lowest BCUT2D eigenvalue weighted by Gasteiger charge is -2.47. The van der Waals surface area contributed by atoms with E-state index in [0.29, 0.717) is 11.1 Å². The summed E-state index contributed by atoms with van der Waals surface area (Å²) in [5.41, 5.74) is 1.02. The fraction of sp³-hybridized carbons (Fsp3) is 0.455. The Labute approximate surface area is 380 Å². The number of hydrogen-bond donors (Lipinski definition) is 13. The predicted molar refractivity (Wildman–Crippen MR) is 222 cm³/mol. The van der Waals surface area contributed by atoms with Crippen molar-refractivity contribution in [2.75, 3.05) is 19.8 Å². The predicted octanol–water partition coefficient (Wildman–Crippen LogP) is -1.52. The molecule has 13 N–H and O–H groups in total. The summed E-state index contributed by atoms with van der Waals surface area (Å²) in [4.78, 5) is 26.0. The highest BCUT2D eigenvalue weighted by Gasteiger charge is 2.53. The second-order valence-electron chi connectivity index (χ2n) is 15.8. The van der Waals surface area contributed by atoms with Crippen LogP contribution in [-0.4, -0.2) is 190 Å². The summed E-state index contributed by atoms with van der Waals surface area (Å²) >= 11 is 0. The maximum Gasteiger partial charge on any atom is 0.331 e. The molecule has 366 valence electrons. The van der Waals surface area contributed by atoms with Crippen molar-refractivity contribution in [3.05, 3.63) is 83.4 Å². The van der Waals surface area contributed by atoms with Gasteiger partial charge in [0, 0.05) is 12.2 Å². The van der Waals surface area contributed by atoms with Gasteiger partial charge >= 0.3 is 11.9 Å². The van der Waals surface area contributed by atoms with Crippen LogP contribution < -0.4 is 0 Å². The highest BCUT2D eigenvalue weighted by molar-refractivity contribution is 5.88. The first-order valence-electron chi connectivity index (χ1n) is 20.7. The van der Waals surface area contributed by atoms with Crippen molar-refractivity contribution in [3.63, 3.8) is 0 Å². The number of benzene rings is 3. The van der Waals surface area contributed by atoms with Gasteiger partial charge in [-0.1, -0.05) is 18.2 Å². The Morgan fingerprint density at radius 1 is 0.537 bits per heavy atom. The molecule has 0 amide bonds. The molecular weight excluding hydrogens is 896 g/mol. The van der Waals surface area contributed by atoms with E-state index in [1.54, 1.807) is 0 Å². The number of aromatic hydroxyl groups is 6. The molecule has 0 radical (unpaired) electrons. The molecule has 3 aliphatic rings. The van der Waals surface area contributed by atoms with Gasteiger partial charge in [0.25, 0.3) is 0 Å². The normalized spacial score (nSPS) is 32.3. The Bertz CT molecular complexity index is 2220. The van der Waals surface area contributed by atoms with Crippen molar-refractivity contribution in [1.29, 1.82) is 0 Å². The Kier molecular flexibility index (Phi) is 17.0. The van der Waals surface area contributed by atoms with Gasteiger partial charge in [-0.2, -0.15) is 0 Å². The molecule has 0 bridgehead atoms. The highest BCUT2D eigenvalue weighted by atomic mass is 16.8. The van der Waals surface area contributed by atoms with Gasteiger partial charge in [0.15, 0.2) is 59.5 Å². The molecule has 3 saturated heterocycles. The monoisotopic (exact) mass is 948 g/mol. The third-order valence-corrected chi connectivity index (χ3v) is 11.0. The Balaban J connectivity index is 1.24. The molecule has 67 heavy (non-hydrogen) atoms. The van der Waals surface area contributed by atoms with E-state index < -0.39 is 140 Å². The van der Waals surface area contributed by atoms with Gasteiger partial charge in [-0.05, 0) is 78.6 Å². The number of rotatable bonds is 16. The lowest BCUT2D eigenvalue weighted by molar-refractivity contribution is -0.364. The largest absolute Gasteiger partial charge is 0.504 e. The first-order valence-corrected chi connectivity index (χ1v) is 20.7. The van der Waals surface area contributed by atoms with Crippen LogP contribution in [0.25, 0.3) is 12.2 Å². The van der Waals surface area contributed by atoms with Crippen LogP contribution in [0.15, 0.2) is 66.7 Å². The molecule has 0 unspecified atom stereocenters. The molecule has 3 aromatic carbocycles. The van der Waals surface area contributed by atoms with Crippen LogP contribution in [-0.2, 0) is 53.9 Å². The molecular formula is C44H52O23.